The average molecular weight is 565 g/mol. The molecule has 0 atom stereocenters. The molecule has 0 saturated carbocycles. The van der Waals surface area contributed by atoms with Gasteiger partial charge in [-0.2, -0.15) is 0 Å². The predicted molar refractivity (Wildman–Crippen MR) is 170 cm³/mol. The third kappa shape index (κ3) is 5.60. The number of rotatable bonds is 7. The predicted octanol–water partition coefficient (Wildman–Crippen LogP) is 7.23. The SMILES string of the molecule is CC1(C)OB(C(=Cc2ccccc2N2CCCCC2)CNC(=O)OCC2c3ccccc3-c3ccccc32)OC1(C)C. The standard InChI is InChI=1S/C35H41BN2O4/c1-34(2)35(3,4)42-36(41-34)26(22-25-14-6-11-19-32(25)38-20-12-5-13-21-38)23-37-33(39)40-24-31-29-17-9-7-15-27(29)28-16-8-10-18-30(28)31/h6-11,14-19,22,31H,5,12-13,20-21,23-24H2,1-4H3,(H,37,39). The lowest BCUT2D eigenvalue weighted by Gasteiger charge is -2.32. The van der Waals surface area contributed by atoms with E-state index in [2.05, 4.69) is 77.0 Å². The number of benzene rings is 3. The van der Waals surface area contributed by atoms with E-state index in [1.807, 2.05) is 39.8 Å². The van der Waals surface area contributed by atoms with Gasteiger partial charge in [0.05, 0.1) is 11.2 Å². The summed E-state index contributed by atoms with van der Waals surface area (Å²) in [6, 6.07) is 25.2. The lowest BCUT2D eigenvalue weighted by molar-refractivity contribution is 0.00578. The minimum Gasteiger partial charge on any atom is -0.449 e. The summed E-state index contributed by atoms with van der Waals surface area (Å²) in [6.07, 6.45) is 5.34. The summed E-state index contributed by atoms with van der Waals surface area (Å²) >= 11 is 0. The molecule has 0 spiro atoms. The molecule has 1 aliphatic carbocycles. The van der Waals surface area contributed by atoms with Gasteiger partial charge >= 0.3 is 13.2 Å². The van der Waals surface area contributed by atoms with Crippen LogP contribution in [-0.4, -0.2) is 50.7 Å². The highest BCUT2D eigenvalue weighted by Gasteiger charge is 2.52. The van der Waals surface area contributed by atoms with Crippen LogP contribution in [0.25, 0.3) is 17.2 Å². The molecule has 2 aliphatic heterocycles. The zero-order valence-corrected chi connectivity index (χ0v) is 25.2. The van der Waals surface area contributed by atoms with E-state index in [9.17, 15) is 4.79 Å². The van der Waals surface area contributed by atoms with Crippen LogP contribution >= 0.6 is 0 Å². The van der Waals surface area contributed by atoms with Gasteiger partial charge in [-0.05, 0) is 86.3 Å². The first-order valence-corrected chi connectivity index (χ1v) is 15.2. The topological polar surface area (TPSA) is 60.0 Å². The third-order valence-corrected chi connectivity index (χ3v) is 9.31. The summed E-state index contributed by atoms with van der Waals surface area (Å²) in [6.45, 7) is 10.8. The number of hydrogen-bond acceptors (Lipinski definition) is 5. The molecule has 3 aromatic carbocycles. The number of piperidine rings is 1. The van der Waals surface area contributed by atoms with Crippen LogP contribution in [0.2, 0.25) is 0 Å². The summed E-state index contributed by atoms with van der Waals surface area (Å²) in [5.41, 5.74) is 6.97. The van der Waals surface area contributed by atoms with Gasteiger partial charge in [-0.3, -0.25) is 0 Å². The Bertz CT molecular complexity index is 1420. The highest BCUT2D eigenvalue weighted by atomic mass is 16.7. The van der Waals surface area contributed by atoms with Crippen molar-refractivity contribution in [2.24, 2.45) is 0 Å². The van der Waals surface area contributed by atoms with E-state index in [-0.39, 0.29) is 19.1 Å². The van der Waals surface area contributed by atoms with E-state index in [0.29, 0.717) is 0 Å². The molecule has 6 rings (SSSR count). The van der Waals surface area contributed by atoms with Crippen LogP contribution < -0.4 is 10.2 Å². The molecule has 42 heavy (non-hydrogen) atoms. The molecule has 0 bridgehead atoms. The number of anilines is 1. The molecule has 1 amide bonds. The van der Waals surface area contributed by atoms with Gasteiger partial charge in [0.2, 0.25) is 0 Å². The Morgan fingerprint density at radius 3 is 2.10 bits per heavy atom. The van der Waals surface area contributed by atoms with Crippen molar-refractivity contribution in [3.63, 3.8) is 0 Å². The maximum absolute atomic E-state index is 13.1. The number of carbonyl (C=O) groups is 1. The minimum absolute atomic E-state index is 0.0117. The number of para-hydroxylation sites is 1. The zero-order chi connectivity index (χ0) is 29.3. The van der Waals surface area contributed by atoms with Crippen LogP contribution in [0, 0.1) is 0 Å². The van der Waals surface area contributed by atoms with E-state index in [1.165, 1.54) is 47.2 Å². The monoisotopic (exact) mass is 564 g/mol. The van der Waals surface area contributed by atoms with Gasteiger partial charge in [-0.15, -0.1) is 0 Å². The summed E-state index contributed by atoms with van der Waals surface area (Å²) in [7, 11) is -0.585. The lowest BCUT2D eigenvalue weighted by Crippen LogP contribution is -2.41. The first-order chi connectivity index (χ1) is 20.2. The zero-order valence-electron chi connectivity index (χ0n) is 25.2. The Labute approximate surface area is 250 Å². The summed E-state index contributed by atoms with van der Waals surface area (Å²) in [4.78, 5) is 15.6. The van der Waals surface area contributed by atoms with Crippen molar-refractivity contribution < 1.29 is 18.8 Å². The summed E-state index contributed by atoms with van der Waals surface area (Å²) in [5, 5.41) is 3.00. The molecule has 2 heterocycles. The molecule has 0 radical (unpaired) electrons. The second kappa shape index (κ2) is 11.6. The Kier molecular flexibility index (Phi) is 7.90. The molecule has 218 valence electrons. The number of nitrogens with one attached hydrogen (secondary N) is 1. The number of nitrogens with zero attached hydrogens (tertiary/aromatic N) is 1. The van der Waals surface area contributed by atoms with E-state index < -0.39 is 24.4 Å². The fourth-order valence-electron chi connectivity index (χ4n) is 6.25. The minimum atomic E-state index is -0.585. The normalized spacial score (nSPS) is 19.4. The molecule has 0 unspecified atom stereocenters. The van der Waals surface area contributed by atoms with Crippen molar-refractivity contribution in [3.05, 3.63) is 95.0 Å². The maximum Gasteiger partial charge on any atom is 0.492 e. The van der Waals surface area contributed by atoms with Gasteiger partial charge in [0.15, 0.2) is 0 Å². The fraction of sp³-hybridized carbons (Fsp3) is 0.400. The van der Waals surface area contributed by atoms with Gasteiger partial charge in [0.25, 0.3) is 0 Å². The van der Waals surface area contributed by atoms with Crippen molar-refractivity contribution in [1.29, 1.82) is 0 Å². The quantitative estimate of drug-likeness (QED) is 0.307. The molecular formula is C35H41BN2O4. The smallest absolute Gasteiger partial charge is 0.449 e. The summed E-state index contributed by atoms with van der Waals surface area (Å²) in [5.74, 6) is 0.0117. The molecular weight excluding hydrogens is 523 g/mol. The van der Waals surface area contributed by atoms with Gasteiger partial charge in [0, 0.05) is 31.2 Å². The van der Waals surface area contributed by atoms with Crippen LogP contribution in [-0.2, 0) is 14.0 Å². The number of ether oxygens (including phenoxy) is 1. The molecule has 2 fully saturated rings. The van der Waals surface area contributed by atoms with Crippen LogP contribution in [0.1, 0.15) is 69.6 Å². The van der Waals surface area contributed by atoms with E-state index in [1.54, 1.807) is 0 Å². The first kappa shape index (κ1) is 28.6. The molecule has 0 aromatic heterocycles. The Morgan fingerprint density at radius 1 is 0.881 bits per heavy atom. The van der Waals surface area contributed by atoms with Crippen molar-refractivity contribution in [3.8, 4) is 11.1 Å². The van der Waals surface area contributed by atoms with Gasteiger partial charge in [-0.25, -0.2) is 4.79 Å². The Balaban J connectivity index is 1.20. The van der Waals surface area contributed by atoms with Crippen LogP contribution in [0.4, 0.5) is 10.5 Å². The number of fused-ring (bicyclic) bond motifs is 3. The number of amides is 1. The van der Waals surface area contributed by atoms with Crippen molar-refractivity contribution >= 4 is 25.0 Å². The third-order valence-electron chi connectivity index (χ3n) is 9.31. The second-order valence-electron chi connectivity index (χ2n) is 12.6. The van der Waals surface area contributed by atoms with Gasteiger partial charge < -0.3 is 24.3 Å². The molecule has 7 heteroatoms. The number of hydrogen-bond donors (Lipinski definition) is 1. The van der Waals surface area contributed by atoms with Crippen LogP contribution in [0.5, 0.6) is 0 Å². The lowest BCUT2D eigenvalue weighted by atomic mass is 9.76. The van der Waals surface area contributed by atoms with Crippen molar-refractivity contribution in [2.75, 3.05) is 31.1 Å². The van der Waals surface area contributed by atoms with Gasteiger partial charge in [-0.1, -0.05) is 72.8 Å². The second-order valence-corrected chi connectivity index (χ2v) is 12.6. The molecule has 3 aromatic rings. The first-order valence-electron chi connectivity index (χ1n) is 15.2. The molecule has 3 aliphatic rings. The van der Waals surface area contributed by atoms with Crippen LogP contribution in [0.3, 0.4) is 0 Å². The van der Waals surface area contributed by atoms with E-state index in [0.717, 1.165) is 24.1 Å². The number of alkyl carbamates (subject to hydrolysis) is 1. The van der Waals surface area contributed by atoms with E-state index >= 15 is 0 Å². The highest BCUT2D eigenvalue weighted by molar-refractivity contribution is 6.56. The van der Waals surface area contributed by atoms with Gasteiger partial charge in [0.1, 0.15) is 6.61 Å². The molecule has 6 nitrogen and oxygen atoms in total. The average Bonchev–Trinajstić information content (AvgIpc) is 3.43. The van der Waals surface area contributed by atoms with Crippen molar-refractivity contribution in [2.45, 2.75) is 64.1 Å². The Morgan fingerprint density at radius 2 is 1.45 bits per heavy atom. The fourth-order valence-corrected chi connectivity index (χ4v) is 6.25. The highest BCUT2D eigenvalue weighted by Crippen LogP contribution is 2.44. The maximum atomic E-state index is 13.1. The van der Waals surface area contributed by atoms with E-state index in [4.69, 9.17) is 14.0 Å². The number of carbonyl (C=O) groups excluding carboxylic acids is 1. The largest absolute Gasteiger partial charge is 0.492 e. The summed E-state index contributed by atoms with van der Waals surface area (Å²) < 4.78 is 18.7. The van der Waals surface area contributed by atoms with Crippen molar-refractivity contribution in [1.82, 2.24) is 5.32 Å². The molecule has 1 N–H and O–H groups in total. The Hall–Kier alpha value is -3.55. The molecule has 2 saturated heterocycles. The van der Waals surface area contributed by atoms with Crippen LogP contribution in [0.15, 0.2) is 78.3 Å².